The van der Waals surface area contributed by atoms with Gasteiger partial charge >= 0.3 is 0 Å². The van der Waals surface area contributed by atoms with E-state index in [0.717, 1.165) is 5.56 Å². The molecule has 2 aromatic rings. The highest BCUT2D eigenvalue weighted by Gasteiger charge is 2.25. The molecule has 1 saturated heterocycles. The van der Waals surface area contributed by atoms with E-state index in [1.54, 1.807) is 53.1 Å². The van der Waals surface area contributed by atoms with Crippen molar-refractivity contribution in [2.75, 3.05) is 26.2 Å². The standard InChI is InChI=1S/C20H19N3O3/c1-15-18(8-13-26-15)20(25)23-11-9-22(10-12-23)19(24)7-6-16-2-4-17(14-21)5-3-16/h2-8,13H,9-12H2,1H3. The lowest BCUT2D eigenvalue weighted by Gasteiger charge is -2.34. The van der Waals surface area contributed by atoms with Crippen molar-refractivity contribution in [3.05, 3.63) is 65.1 Å². The topological polar surface area (TPSA) is 77.6 Å². The second kappa shape index (κ2) is 7.70. The quantitative estimate of drug-likeness (QED) is 0.798. The first kappa shape index (κ1) is 17.5. The summed E-state index contributed by atoms with van der Waals surface area (Å²) in [6.45, 7) is 3.76. The molecule has 2 amide bonds. The molecule has 1 aliphatic heterocycles. The predicted octanol–water partition coefficient (Wildman–Crippen LogP) is 2.46. The van der Waals surface area contributed by atoms with E-state index < -0.39 is 0 Å². The van der Waals surface area contributed by atoms with E-state index in [-0.39, 0.29) is 11.8 Å². The highest BCUT2D eigenvalue weighted by atomic mass is 16.3. The molecular weight excluding hydrogens is 330 g/mol. The Bertz CT molecular complexity index is 866. The molecule has 0 atom stereocenters. The van der Waals surface area contributed by atoms with Crippen molar-refractivity contribution >= 4 is 17.9 Å². The molecule has 0 bridgehead atoms. The van der Waals surface area contributed by atoms with Gasteiger partial charge in [0.15, 0.2) is 0 Å². The number of furan rings is 1. The Balaban J connectivity index is 1.55. The summed E-state index contributed by atoms with van der Waals surface area (Å²) < 4.78 is 5.19. The summed E-state index contributed by atoms with van der Waals surface area (Å²) in [4.78, 5) is 28.2. The van der Waals surface area contributed by atoms with Gasteiger partial charge in [0.1, 0.15) is 5.76 Å². The molecule has 0 spiro atoms. The minimum Gasteiger partial charge on any atom is -0.469 e. The molecule has 2 heterocycles. The normalized spacial score (nSPS) is 14.5. The first-order valence-corrected chi connectivity index (χ1v) is 8.39. The molecule has 1 aliphatic rings. The van der Waals surface area contributed by atoms with Gasteiger partial charge in [-0.2, -0.15) is 5.26 Å². The van der Waals surface area contributed by atoms with Crippen molar-refractivity contribution < 1.29 is 14.0 Å². The Hall–Kier alpha value is -3.33. The maximum absolute atomic E-state index is 12.4. The summed E-state index contributed by atoms with van der Waals surface area (Å²) in [5, 5.41) is 8.79. The number of piperazine rings is 1. The molecule has 26 heavy (non-hydrogen) atoms. The van der Waals surface area contributed by atoms with Crippen molar-refractivity contribution in [1.82, 2.24) is 9.80 Å². The van der Waals surface area contributed by atoms with E-state index >= 15 is 0 Å². The third kappa shape index (κ3) is 3.83. The van der Waals surface area contributed by atoms with Crippen LogP contribution in [0.1, 0.15) is 27.2 Å². The van der Waals surface area contributed by atoms with E-state index in [2.05, 4.69) is 6.07 Å². The molecule has 0 aliphatic carbocycles. The van der Waals surface area contributed by atoms with E-state index in [1.807, 2.05) is 0 Å². The third-order valence-electron chi connectivity index (χ3n) is 4.43. The summed E-state index contributed by atoms with van der Waals surface area (Å²) in [6, 6.07) is 10.8. The van der Waals surface area contributed by atoms with Crippen LogP contribution in [0.2, 0.25) is 0 Å². The number of nitriles is 1. The molecule has 132 valence electrons. The minimum absolute atomic E-state index is 0.0588. The van der Waals surface area contributed by atoms with Crippen molar-refractivity contribution in [1.29, 1.82) is 5.26 Å². The summed E-state index contributed by atoms with van der Waals surface area (Å²) in [6.07, 6.45) is 4.77. The van der Waals surface area contributed by atoms with Crippen molar-refractivity contribution in [3.8, 4) is 6.07 Å². The Labute approximate surface area is 151 Å². The summed E-state index contributed by atoms with van der Waals surface area (Å²) in [5.41, 5.74) is 2.02. The van der Waals surface area contributed by atoms with E-state index in [1.165, 1.54) is 12.3 Å². The van der Waals surface area contributed by atoms with Gasteiger partial charge in [-0.1, -0.05) is 12.1 Å². The van der Waals surface area contributed by atoms with Crippen LogP contribution in [0.4, 0.5) is 0 Å². The largest absolute Gasteiger partial charge is 0.469 e. The monoisotopic (exact) mass is 349 g/mol. The van der Waals surface area contributed by atoms with Crippen molar-refractivity contribution in [2.24, 2.45) is 0 Å². The van der Waals surface area contributed by atoms with Gasteiger partial charge in [-0.15, -0.1) is 0 Å². The highest BCUT2D eigenvalue weighted by molar-refractivity contribution is 5.95. The Morgan fingerprint density at radius 2 is 1.73 bits per heavy atom. The number of nitrogens with zero attached hydrogens (tertiary/aromatic N) is 3. The van der Waals surface area contributed by atoms with Crippen LogP contribution in [0.5, 0.6) is 0 Å². The van der Waals surface area contributed by atoms with Gasteiger partial charge < -0.3 is 14.2 Å². The maximum Gasteiger partial charge on any atom is 0.257 e. The van der Waals surface area contributed by atoms with Gasteiger partial charge in [0, 0.05) is 32.3 Å². The molecule has 6 heteroatoms. The summed E-state index contributed by atoms with van der Waals surface area (Å²) >= 11 is 0. The van der Waals surface area contributed by atoms with Crippen LogP contribution in [0, 0.1) is 18.3 Å². The lowest BCUT2D eigenvalue weighted by molar-refractivity contribution is -0.127. The molecule has 1 aromatic carbocycles. The Morgan fingerprint density at radius 1 is 1.08 bits per heavy atom. The fraction of sp³-hybridized carbons (Fsp3) is 0.250. The third-order valence-corrected chi connectivity index (χ3v) is 4.43. The second-order valence-electron chi connectivity index (χ2n) is 6.08. The number of benzene rings is 1. The number of rotatable bonds is 3. The van der Waals surface area contributed by atoms with Gasteiger partial charge in [0.05, 0.1) is 23.5 Å². The average molecular weight is 349 g/mol. The molecule has 0 saturated carbocycles. The van der Waals surface area contributed by atoms with Crippen LogP contribution in [-0.2, 0) is 4.79 Å². The summed E-state index contributed by atoms with van der Waals surface area (Å²) in [7, 11) is 0. The van der Waals surface area contributed by atoms with Crippen LogP contribution >= 0.6 is 0 Å². The predicted molar refractivity (Wildman–Crippen MR) is 96.1 cm³/mol. The number of hydrogen-bond acceptors (Lipinski definition) is 4. The van der Waals surface area contributed by atoms with Crippen LogP contribution in [0.15, 0.2) is 47.1 Å². The molecule has 1 aromatic heterocycles. The number of carbonyl (C=O) groups excluding carboxylic acids is 2. The smallest absolute Gasteiger partial charge is 0.257 e. The molecule has 0 unspecified atom stereocenters. The zero-order valence-electron chi connectivity index (χ0n) is 14.5. The Kier molecular flexibility index (Phi) is 5.18. The van der Waals surface area contributed by atoms with Crippen LogP contribution in [0.3, 0.4) is 0 Å². The first-order chi connectivity index (χ1) is 12.6. The van der Waals surface area contributed by atoms with E-state index in [0.29, 0.717) is 43.1 Å². The lowest BCUT2D eigenvalue weighted by Crippen LogP contribution is -2.50. The van der Waals surface area contributed by atoms with Gasteiger partial charge in [0.25, 0.3) is 5.91 Å². The maximum atomic E-state index is 12.4. The Morgan fingerprint density at radius 3 is 2.31 bits per heavy atom. The van der Waals surface area contributed by atoms with Gasteiger partial charge in [-0.05, 0) is 36.8 Å². The lowest BCUT2D eigenvalue weighted by atomic mass is 10.1. The van der Waals surface area contributed by atoms with Gasteiger partial charge in [-0.3, -0.25) is 9.59 Å². The van der Waals surface area contributed by atoms with Crippen molar-refractivity contribution in [3.63, 3.8) is 0 Å². The molecule has 3 rings (SSSR count). The highest BCUT2D eigenvalue weighted by Crippen LogP contribution is 2.14. The number of hydrogen-bond donors (Lipinski definition) is 0. The minimum atomic E-state index is -0.0825. The van der Waals surface area contributed by atoms with Crippen molar-refractivity contribution in [2.45, 2.75) is 6.92 Å². The number of carbonyl (C=O) groups is 2. The number of aryl methyl sites for hydroxylation is 1. The zero-order valence-corrected chi connectivity index (χ0v) is 14.5. The molecular formula is C20H19N3O3. The number of amides is 2. The van der Waals surface area contributed by atoms with Crippen LogP contribution < -0.4 is 0 Å². The second-order valence-corrected chi connectivity index (χ2v) is 6.08. The molecule has 0 N–H and O–H groups in total. The van der Waals surface area contributed by atoms with E-state index in [9.17, 15) is 9.59 Å². The average Bonchev–Trinajstić information content (AvgIpc) is 3.12. The SMILES string of the molecule is Cc1occc1C(=O)N1CCN(C(=O)C=Cc2ccc(C#N)cc2)CC1. The molecule has 6 nitrogen and oxygen atoms in total. The fourth-order valence-corrected chi connectivity index (χ4v) is 2.85. The first-order valence-electron chi connectivity index (χ1n) is 8.39. The fourth-order valence-electron chi connectivity index (χ4n) is 2.85. The molecule has 1 fully saturated rings. The van der Waals surface area contributed by atoms with Gasteiger partial charge in [-0.25, -0.2) is 0 Å². The van der Waals surface area contributed by atoms with Crippen LogP contribution in [0.25, 0.3) is 6.08 Å². The molecule has 0 radical (unpaired) electrons. The summed E-state index contributed by atoms with van der Waals surface area (Å²) in [5.74, 6) is 0.469. The van der Waals surface area contributed by atoms with E-state index in [4.69, 9.17) is 9.68 Å². The van der Waals surface area contributed by atoms with Crippen LogP contribution in [-0.4, -0.2) is 47.8 Å². The van der Waals surface area contributed by atoms with Gasteiger partial charge in [0.2, 0.25) is 5.91 Å². The zero-order chi connectivity index (χ0) is 18.5.